The molecule has 0 bridgehead atoms. The van der Waals surface area contributed by atoms with Gasteiger partial charge in [-0.1, -0.05) is 131 Å². The average molecular weight is 653 g/mol. The van der Waals surface area contributed by atoms with Gasteiger partial charge in [0, 0.05) is 43.6 Å². The number of pyridine rings is 1. The number of hydrogen-bond acceptors (Lipinski definition) is 7. The first-order valence-electron chi connectivity index (χ1n) is 16.0. The van der Waals surface area contributed by atoms with Crippen molar-refractivity contribution >= 4 is 28.7 Å². The fourth-order valence-electron chi connectivity index (χ4n) is 3.70. The van der Waals surface area contributed by atoms with E-state index in [2.05, 4.69) is 72.3 Å². The fourth-order valence-corrected chi connectivity index (χ4v) is 4.59. The number of ketones is 3. The van der Waals surface area contributed by atoms with Gasteiger partial charge in [0.1, 0.15) is 17.1 Å². The summed E-state index contributed by atoms with van der Waals surface area (Å²) in [6.07, 6.45) is 0. The summed E-state index contributed by atoms with van der Waals surface area (Å²) in [5.41, 5.74) is 1.01. The lowest BCUT2D eigenvalue weighted by Gasteiger charge is -2.20. The first-order chi connectivity index (χ1) is 20.4. The number of carbonyl (C=O) groups excluding carboxylic acids is 3. The maximum Gasteiger partial charge on any atom is 0.203 e. The molecule has 0 radical (unpaired) electrons. The number of aromatic nitrogens is 2. The van der Waals surface area contributed by atoms with Gasteiger partial charge in [0.15, 0.2) is 17.3 Å². The molecule has 0 atom stereocenters. The molecule has 0 unspecified atom stereocenters. The smallest absolute Gasteiger partial charge is 0.203 e. The fraction of sp³-hybridized carbons (Fsp3) is 0.615. The monoisotopic (exact) mass is 652 g/mol. The highest BCUT2D eigenvalue weighted by Crippen LogP contribution is 2.30. The molecule has 0 aliphatic rings. The summed E-state index contributed by atoms with van der Waals surface area (Å²) in [7, 11) is 0. The third-order valence-corrected chi connectivity index (χ3v) is 8.01. The topological polar surface area (TPSA) is 90.1 Å². The van der Waals surface area contributed by atoms with Crippen LogP contribution >= 0.6 is 11.3 Å². The van der Waals surface area contributed by atoms with Gasteiger partial charge >= 0.3 is 0 Å². The highest BCUT2D eigenvalue weighted by molar-refractivity contribution is 7.10. The molecule has 0 saturated heterocycles. The van der Waals surface area contributed by atoms with E-state index in [1.807, 2.05) is 85.9 Å². The van der Waals surface area contributed by atoms with E-state index in [0.717, 1.165) is 16.5 Å². The van der Waals surface area contributed by atoms with Crippen LogP contribution in [0.1, 0.15) is 173 Å². The molecule has 0 N–H and O–H groups in total. The van der Waals surface area contributed by atoms with E-state index in [9.17, 15) is 14.4 Å². The van der Waals surface area contributed by atoms with E-state index in [-0.39, 0.29) is 49.8 Å². The summed E-state index contributed by atoms with van der Waals surface area (Å²) < 4.78 is 5.59. The summed E-state index contributed by atoms with van der Waals surface area (Å²) in [6.45, 7) is 36.0. The Bertz CT molecular complexity index is 1410. The summed E-state index contributed by atoms with van der Waals surface area (Å²) in [5.74, 6) is 1.59. The number of carbonyl (C=O) groups is 3. The van der Waals surface area contributed by atoms with Crippen molar-refractivity contribution in [2.24, 2.45) is 16.2 Å². The Labute approximate surface area is 283 Å². The van der Waals surface area contributed by atoms with E-state index in [1.54, 1.807) is 23.5 Å². The Morgan fingerprint density at radius 1 is 0.543 bits per heavy atom. The molecule has 0 aliphatic heterocycles. The maximum atomic E-state index is 12.1. The van der Waals surface area contributed by atoms with Crippen molar-refractivity contribution in [1.82, 2.24) is 9.97 Å². The number of hydrogen-bond donors (Lipinski definition) is 0. The molecule has 3 aromatic heterocycles. The molecule has 6 nitrogen and oxygen atoms in total. The van der Waals surface area contributed by atoms with Crippen LogP contribution in [0.4, 0.5) is 0 Å². The Morgan fingerprint density at radius 2 is 1.02 bits per heavy atom. The summed E-state index contributed by atoms with van der Waals surface area (Å²) >= 11 is 1.57. The van der Waals surface area contributed by atoms with Crippen LogP contribution in [0.15, 0.2) is 40.1 Å². The van der Waals surface area contributed by atoms with E-state index >= 15 is 0 Å². The maximum absolute atomic E-state index is 12.1. The molecule has 0 aliphatic carbocycles. The Hall–Kier alpha value is -2.93. The SMILES string of the molecule is CC(C)(C)C(=O)c1ccc(C(C)(C)C)o1.CC(C)(C)C(=O)c1cccc(C(C)(C)C)n1.CC(C)(C)C(=O)c1csc(C(C)(C)C)n1. The van der Waals surface area contributed by atoms with E-state index in [0.29, 0.717) is 17.1 Å². The zero-order valence-corrected chi connectivity index (χ0v) is 32.7. The van der Waals surface area contributed by atoms with Crippen molar-refractivity contribution in [3.8, 4) is 0 Å². The van der Waals surface area contributed by atoms with Crippen molar-refractivity contribution < 1.29 is 18.8 Å². The quantitative estimate of drug-likeness (QED) is 0.262. The molecule has 3 rings (SSSR count). The molecular formula is C39H60N2O4S. The van der Waals surface area contributed by atoms with E-state index in [4.69, 9.17) is 4.42 Å². The molecule has 0 aromatic carbocycles. The van der Waals surface area contributed by atoms with E-state index in [1.165, 1.54) is 0 Å². The van der Waals surface area contributed by atoms with Crippen LogP contribution in [-0.4, -0.2) is 27.3 Å². The van der Waals surface area contributed by atoms with Gasteiger partial charge in [-0.25, -0.2) is 9.97 Å². The lowest BCUT2D eigenvalue weighted by atomic mass is 9.87. The largest absolute Gasteiger partial charge is 0.457 e. The number of Topliss-reactive ketones (excluding diaryl/α,β-unsaturated/α-hetero) is 3. The molecule has 46 heavy (non-hydrogen) atoms. The average Bonchev–Trinajstić information content (AvgIpc) is 3.56. The Balaban J connectivity index is 0.000000345. The summed E-state index contributed by atoms with van der Waals surface area (Å²) in [6, 6.07) is 9.34. The minimum atomic E-state index is -0.382. The summed E-state index contributed by atoms with van der Waals surface area (Å²) in [4.78, 5) is 44.8. The van der Waals surface area contributed by atoms with Gasteiger partial charge in [-0.05, 0) is 24.3 Å². The second-order valence-corrected chi connectivity index (χ2v) is 19.0. The molecule has 0 spiro atoms. The first-order valence-corrected chi connectivity index (χ1v) is 16.9. The van der Waals surface area contributed by atoms with Gasteiger partial charge in [-0.3, -0.25) is 14.4 Å². The minimum absolute atomic E-state index is 0.0197. The predicted molar refractivity (Wildman–Crippen MR) is 193 cm³/mol. The van der Waals surface area contributed by atoms with Crippen LogP contribution in [-0.2, 0) is 16.2 Å². The van der Waals surface area contributed by atoms with Gasteiger partial charge < -0.3 is 4.42 Å². The second kappa shape index (κ2) is 14.5. The highest BCUT2D eigenvalue weighted by Gasteiger charge is 2.29. The molecule has 3 aromatic rings. The Kier molecular flexibility index (Phi) is 12.9. The van der Waals surface area contributed by atoms with Gasteiger partial charge in [0.05, 0.1) is 5.01 Å². The summed E-state index contributed by atoms with van der Waals surface area (Å²) in [5, 5.41) is 2.89. The lowest BCUT2D eigenvalue weighted by molar-refractivity contribution is 0.0823. The van der Waals surface area contributed by atoms with Gasteiger partial charge in [0.25, 0.3) is 0 Å². The molecule has 3 heterocycles. The molecule has 0 amide bonds. The molecule has 7 heteroatoms. The standard InChI is InChI=1S/C14H21NO.C13H20O2.C12H19NOS/c1-13(2,3)11-9-7-8-10(15-11)12(16)14(4,5)6;1-12(2,3)10-8-7-9(15-10)11(14)13(4,5)6;1-11(2,3)9(14)8-7-15-10(13-8)12(4,5)6/h7-9H,1-6H3;7-8H,1-6H3;7H,1-6H3. The highest BCUT2D eigenvalue weighted by atomic mass is 32.1. The predicted octanol–water partition coefficient (Wildman–Crippen LogP) is 11.1. The van der Waals surface area contributed by atoms with Crippen molar-refractivity contribution in [3.63, 3.8) is 0 Å². The van der Waals surface area contributed by atoms with E-state index < -0.39 is 0 Å². The first kappa shape index (κ1) is 41.1. The molecule has 0 fully saturated rings. The number of nitrogens with zero attached hydrogens (tertiary/aromatic N) is 2. The zero-order chi connectivity index (χ0) is 36.3. The van der Waals surface area contributed by atoms with Gasteiger partial charge in [0.2, 0.25) is 5.78 Å². The van der Waals surface area contributed by atoms with Crippen molar-refractivity contribution in [1.29, 1.82) is 0 Å². The minimum Gasteiger partial charge on any atom is -0.457 e. The number of thiazole rings is 1. The normalized spacial score (nSPS) is 12.8. The van der Waals surface area contributed by atoms with Crippen LogP contribution in [0, 0.1) is 16.2 Å². The van der Waals surface area contributed by atoms with Crippen LogP contribution in [0.3, 0.4) is 0 Å². The lowest BCUT2D eigenvalue weighted by Crippen LogP contribution is -2.23. The second-order valence-electron chi connectivity index (χ2n) is 18.1. The van der Waals surface area contributed by atoms with Gasteiger partial charge in [-0.15, -0.1) is 11.3 Å². The number of rotatable bonds is 3. The van der Waals surface area contributed by atoms with Crippen LogP contribution in [0.25, 0.3) is 0 Å². The molecule has 0 saturated carbocycles. The Morgan fingerprint density at radius 3 is 1.39 bits per heavy atom. The third kappa shape index (κ3) is 12.4. The number of furan rings is 1. The third-order valence-electron chi connectivity index (χ3n) is 6.74. The molecule has 256 valence electrons. The van der Waals surface area contributed by atoms with Gasteiger partial charge in [-0.2, -0.15) is 0 Å². The zero-order valence-electron chi connectivity index (χ0n) is 31.9. The van der Waals surface area contributed by atoms with Crippen LogP contribution < -0.4 is 0 Å². The van der Waals surface area contributed by atoms with Crippen molar-refractivity contribution in [2.75, 3.05) is 0 Å². The molecular weight excluding hydrogens is 593 g/mol. The van der Waals surface area contributed by atoms with Crippen molar-refractivity contribution in [3.05, 3.63) is 69.3 Å². The van der Waals surface area contributed by atoms with Crippen molar-refractivity contribution in [2.45, 2.75) is 141 Å². The van der Waals surface area contributed by atoms with Crippen LogP contribution in [0.2, 0.25) is 0 Å². The van der Waals surface area contributed by atoms with Crippen LogP contribution in [0.5, 0.6) is 0 Å².